The van der Waals surface area contributed by atoms with E-state index in [4.69, 9.17) is 23.4 Å². The van der Waals surface area contributed by atoms with E-state index in [9.17, 15) is 29.1 Å². The fourth-order valence-electron chi connectivity index (χ4n) is 9.72. The van der Waals surface area contributed by atoms with Crippen LogP contribution in [0.5, 0.6) is 0 Å². The molecule has 4 aliphatic carbocycles. The number of fused-ring (bicyclic) bond motifs is 3. The van der Waals surface area contributed by atoms with E-state index in [0.717, 1.165) is 12.7 Å². The molecule has 1 spiro atoms. The molecular weight excluding hydrogens is 560 g/mol. The van der Waals surface area contributed by atoms with Crippen molar-refractivity contribution in [1.29, 1.82) is 0 Å². The van der Waals surface area contributed by atoms with Crippen molar-refractivity contribution >= 4 is 29.5 Å². The predicted octanol–water partition coefficient (Wildman–Crippen LogP) is 3.52. The Labute approximate surface area is 248 Å². The summed E-state index contributed by atoms with van der Waals surface area (Å²) in [5, 5.41) is 11.8. The number of epoxide rings is 1. The molecule has 0 bridgehead atoms. The number of aliphatic hydroxyl groups is 1. The van der Waals surface area contributed by atoms with Crippen molar-refractivity contribution < 1.29 is 52.4 Å². The molecule has 1 saturated heterocycles. The zero-order valence-corrected chi connectivity index (χ0v) is 25.2. The van der Waals surface area contributed by atoms with E-state index in [1.54, 1.807) is 33.1 Å². The van der Waals surface area contributed by atoms with E-state index in [2.05, 4.69) is 0 Å². The molecule has 2 unspecified atom stereocenters. The van der Waals surface area contributed by atoms with Gasteiger partial charge in [0.25, 0.3) is 0 Å². The normalized spacial score (nSPS) is 44.1. The van der Waals surface area contributed by atoms with Crippen molar-refractivity contribution in [2.24, 2.45) is 27.6 Å². The third-order valence-corrected chi connectivity index (χ3v) is 11.4. The molecular formula is C32H36O11. The van der Waals surface area contributed by atoms with Crippen LogP contribution in [0, 0.1) is 27.6 Å². The molecule has 0 aromatic carbocycles. The fraction of sp³-hybridized carbons (Fsp3) is 0.594. The van der Waals surface area contributed by atoms with Crippen molar-refractivity contribution in [2.75, 3.05) is 7.11 Å². The molecule has 11 nitrogen and oxygen atoms in total. The summed E-state index contributed by atoms with van der Waals surface area (Å²) >= 11 is 0. The van der Waals surface area contributed by atoms with Gasteiger partial charge < -0.3 is 28.5 Å². The SMILES string of the molecule is CCC(=O)O[C@H]1[C@H](OC(C)=O)[C@H]2C(C)(C(=O)C(O)=C3[C@@](C)(C(=O)OC)C(=O)C=C[C@@]32C)C23O[C@H]2C[C@@H](c2ccoc2)[C@]13C. The van der Waals surface area contributed by atoms with Crippen molar-refractivity contribution in [3.63, 3.8) is 0 Å². The summed E-state index contributed by atoms with van der Waals surface area (Å²) in [6.07, 6.45) is 3.54. The molecule has 2 saturated carbocycles. The van der Waals surface area contributed by atoms with Gasteiger partial charge in [0, 0.05) is 41.6 Å². The molecule has 10 atom stereocenters. The van der Waals surface area contributed by atoms with E-state index >= 15 is 0 Å². The number of esters is 3. The molecule has 6 rings (SSSR count). The average Bonchev–Trinajstić information content (AvgIpc) is 3.32. The molecule has 1 aliphatic heterocycles. The lowest BCUT2D eigenvalue weighted by Crippen LogP contribution is -2.76. The highest BCUT2D eigenvalue weighted by Crippen LogP contribution is 2.81. The summed E-state index contributed by atoms with van der Waals surface area (Å²) in [7, 11) is 1.12. The lowest BCUT2D eigenvalue weighted by atomic mass is 9.38. The monoisotopic (exact) mass is 596 g/mol. The summed E-state index contributed by atoms with van der Waals surface area (Å²) < 4.78 is 29.3. The lowest BCUT2D eigenvalue weighted by molar-refractivity contribution is -0.248. The van der Waals surface area contributed by atoms with Crippen LogP contribution >= 0.6 is 0 Å². The first-order chi connectivity index (χ1) is 20.1. The van der Waals surface area contributed by atoms with Crippen LogP contribution in [-0.2, 0) is 42.9 Å². The Morgan fingerprint density at radius 3 is 2.40 bits per heavy atom. The Morgan fingerprint density at radius 1 is 1.12 bits per heavy atom. The first-order valence-corrected chi connectivity index (χ1v) is 14.5. The van der Waals surface area contributed by atoms with Gasteiger partial charge in [0.05, 0.1) is 31.2 Å². The van der Waals surface area contributed by atoms with Gasteiger partial charge in [-0.3, -0.25) is 24.0 Å². The third kappa shape index (κ3) is 3.16. The van der Waals surface area contributed by atoms with Crippen LogP contribution in [0.1, 0.15) is 65.9 Å². The summed E-state index contributed by atoms with van der Waals surface area (Å²) in [5.41, 5.74) is -6.81. The quantitative estimate of drug-likeness (QED) is 0.229. The molecule has 230 valence electrons. The van der Waals surface area contributed by atoms with Crippen molar-refractivity contribution in [1.82, 2.24) is 0 Å². The first-order valence-electron chi connectivity index (χ1n) is 14.5. The molecule has 43 heavy (non-hydrogen) atoms. The van der Waals surface area contributed by atoms with Gasteiger partial charge in [0.15, 0.2) is 17.0 Å². The van der Waals surface area contributed by atoms with E-state index in [1.807, 2.05) is 6.92 Å². The number of carbonyl (C=O) groups excluding carboxylic acids is 5. The number of allylic oxidation sites excluding steroid dienone is 3. The maximum atomic E-state index is 14.8. The number of ketones is 2. The predicted molar refractivity (Wildman–Crippen MR) is 146 cm³/mol. The third-order valence-electron chi connectivity index (χ3n) is 11.4. The van der Waals surface area contributed by atoms with Crippen LogP contribution in [0.4, 0.5) is 0 Å². The van der Waals surface area contributed by atoms with Gasteiger partial charge in [-0.1, -0.05) is 26.8 Å². The van der Waals surface area contributed by atoms with Crippen LogP contribution in [0.15, 0.2) is 46.5 Å². The number of aliphatic hydroxyl groups excluding tert-OH is 1. The molecule has 11 heteroatoms. The minimum atomic E-state index is -2.05. The number of Topliss-reactive ketones (excluding diaryl/α,β-unsaturated/α-hetero) is 1. The summed E-state index contributed by atoms with van der Waals surface area (Å²) in [6.45, 7) is 9.42. The summed E-state index contributed by atoms with van der Waals surface area (Å²) in [5.74, 6) is -5.70. The van der Waals surface area contributed by atoms with Gasteiger partial charge in [0.1, 0.15) is 17.8 Å². The minimum Gasteiger partial charge on any atom is -0.504 e. The maximum absolute atomic E-state index is 14.8. The zero-order valence-electron chi connectivity index (χ0n) is 25.2. The maximum Gasteiger partial charge on any atom is 0.323 e. The Morgan fingerprint density at radius 2 is 1.81 bits per heavy atom. The number of carbonyl (C=O) groups is 5. The molecule has 1 aromatic heterocycles. The van der Waals surface area contributed by atoms with Crippen LogP contribution in [-0.4, -0.2) is 65.6 Å². The minimum absolute atomic E-state index is 0.0337. The van der Waals surface area contributed by atoms with Gasteiger partial charge in [0.2, 0.25) is 5.78 Å². The highest BCUT2D eigenvalue weighted by molar-refractivity contribution is 6.15. The van der Waals surface area contributed by atoms with Gasteiger partial charge >= 0.3 is 17.9 Å². The molecule has 0 radical (unpaired) electrons. The number of ether oxygens (including phenoxy) is 4. The zero-order chi connectivity index (χ0) is 31.5. The molecule has 1 N–H and O–H groups in total. The highest BCUT2D eigenvalue weighted by Gasteiger charge is 2.92. The van der Waals surface area contributed by atoms with Crippen LogP contribution < -0.4 is 0 Å². The number of furan rings is 1. The second kappa shape index (κ2) is 8.90. The van der Waals surface area contributed by atoms with Gasteiger partial charge in [-0.05, 0) is 38.0 Å². The van der Waals surface area contributed by atoms with E-state index in [-0.39, 0.29) is 17.9 Å². The second-order valence-corrected chi connectivity index (χ2v) is 13.1. The van der Waals surface area contributed by atoms with Gasteiger partial charge in [-0.25, -0.2) is 0 Å². The Balaban J connectivity index is 1.69. The second-order valence-electron chi connectivity index (χ2n) is 13.1. The molecule has 5 aliphatic rings. The van der Waals surface area contributed by atoms with E-state index in [1.165, 1.54) is 32.3 Å². The standard InChI is InChI=1S/C32H36O11/c1-8-20(35)42-26-22(41-15(2)33)24-28(3)11-9-18(34)29(4,27(38)39-7)23(28)21(36)25(37)31(24,6)32-19(43-32)13-17(30(26,32)5)16-10-12-40-14-16/h9-12,14,17,19,22,24,26,36H,8,13H2,1-7H3/t17-,19-,22+,24+,26-,28-,29-,30+,31?,32?/m0/s1. The highest BCUT2D eigenvalue weighted by atomic mass is 16.6. The van der Waals surface area contributed by atoms with Crippen molar-refractivity contribution in [3.05, 3.63) is 47.6 Å². The molecule has 3 fully saturated rings. The van der Waals surface area contributed by atoms with Gasteiger partial charge in [-0.15, -0.1) is 0 Å². The van der Waals surface area contributed by atoms with E-state index in [0.29, 0.717) is 6.42 Å². The van der Waals surface area contributed by atoms with Crippen molar-refractivity contribution in [2.45, 2.75) is 84.2 Å². The Hall–Kier alpha value is -3.73. The largest absolute Gasteiger partial charge is 0.504 e. The van der Waals surface area contributed by atoms with Crippen LogP contribution in [0.25, 0.3) is 0 Å². The van der Waals surface area contributed by atoms with Crippen LogP contribution in [0.2, 0.25) is 0 Å². The van der Waals surface area contributed by atoms with Gasteiger partial charge in [-0.2, -0.15) is 0 Å². The topological polar surface area (TPSA) is 159 Å². The van der Waals surface area contributed by atoms with Crippen molar-refractivity contribution in [3.8, 4) is 0 Å². The van der Waals surface area contributed by atoms with E-state index < -0.39 is 86.7 Å². The fourth-order valence-corrected chi connectivity index (χ4v) is 9.72. The molecule has 0 amide bonds. The number of hydrogen-bond acceptors (Lipinski definition) is 11. The smallest absolute Gasteiger partial charge is 0.323 e. The van der Waals surface area contributed by atoms with Crippen LogP contribution in [0.3, 0.4) is 0 Å². The Kier molecular flexibility index (Phi) is 6.08. The number of methoxy groups -OCH3 is 1. The molecule has 1 aromatic rings. The first kappa shape index (κ1) is 29.3. The lowest BCUT2D eigenvalue weighted by Gasteiger charge is -2.65. The Bertz CT molecular complexity index is 1520. The average molecular weight is 597 g/mol. The number of hydrogen-bond donors (Lipinski definition) is 1. The molecule has 2 heterocycles. The summed E-state index contributed by atoms with van der Waals surface area (Å²) in [4.78, 5) is 67.3. The number of rotatable bonds is 5. The summed E-state index contributed by atoms with van der Waals surface area (Å²) in [6, 6.07) is 1.80.